The molecule has 1 aliphatic carbocycles. The molecule has 0 aromatic carbocycles. The van der Waals surface area contributed by atoms with Gasteiger partial charge in [-0.05, 0) is 39.2 Å². The fourth-order valence-electron chi connectivity index (χ4n) is 2.99. The number of allylic oxidation sites excluding steroid dienone is 1. The van der Waals surface area contributed by atoms with E-state index in [0.717, 1.165) is 6.42 Å². The third-order valence-electron chi connectivity index (χ3n) is 4.34. The van der Waals surface area contributed by atoms with E-state index in [4.69, 9.17) is 4.74 Å². The Labute approximate surface area is 138 Å². The number of ether oxygens (including phenoxy) is 1. The molecule has 1 fully saturated rings. The molecule has 130 valence electrons. The predicted octanol–water partition coefficient (Wildman–Crippen LogP) is 0.784. The van der Waals surface area contributed by atoms with Crippen molar-refractivity contribution in [2.75, 3.05) is 53.0 Å². The first-order chi connectivity index (χ1) is 11.1. The number of likely N-dealkylation sites (N-methyl/N-ethyl adjacent to an activating group) is 1. The minimum absolute atomic E-state index is 0.0151. The third kappa shape index (κ3) is 6.71. The van der Waals surface area contributed by atoms with E-state index >= 15 is 0 Å². The second-order valence-corrected chi connectivity index (χ2v) is 6.37. The molecule has 6 nitrogen and oxygen atoms in total. The molecule has 2 amide bonds. The van der Waals surface area contributed by atoms with Gasteiger partial charge in [0.25, 0.3) is 0 Å². The third-order valence-corrected chi connectivity index (χ3v) is 4.34. The van der Waals surface area contributed by atoms with Crippen molar-refractivity contribution in [3.8, 4) is 0 Å². The van der Waals surface area contributed by atoms with Crippen LogP contribution >= 0.6 is 0 Å². The van der Waals surface area contributed by atoms with Gasteiger partial charge in [-0.25, -0.2) is 0 Å². The molecule has 0 aromatic heterocycles. The van der Waals surface area contributed by atoms with Crippen molar-refractivity contribution in [1.29, 1.82) is 0 Å². The van der Waals surface area contributed by atoms with Gasteiger partial charge >= 0.3 is 0 Å². The first-order valence-corrected chi connectivity index (χ1v) is 8.64. The summed E-state index contributed by atoms with van der Waals surface area (Å²) in [6.45, 7) is 3.73. The monoisotopic (exact) mass is 323 g/mol. The maximum absolute atomic E-state index is 12.1. The largest absolute Gasteiger partial charge is 0.378 e. The summed E-state index contributed by atoms with van der Waals surface area (Å²) >= 11 is 0. The van der Waals surface area contributed by atoms with E-state index in [1.54, 1.807) is 9.80 Å². The molecule has 0 spiro atoms. The Balaban J connectivity index is 1.60. The van der Waals surface area contributed by atoms with Crippen LogP contribution in [0.15, 0.2) is 11.6 Å². The zero-order valence-electron chi connectivity index (χ0n) is 14.2. The van der Waals surface area contributed by atoms with Crippen LogP contribution in [0.5, 0.6) is 0 Å². The Bertz CT molecular complexity index is 431. The SMILES string of the molecule is CN(CC(=O)NCCC1=CCCCC1)CC(=O)N1CCOCC1. The number of carbonyl (C=O) groups excluding carboxylic acids is 2. The first kappa shape index (κ1) is 17.9. The molecule has 6 heteroatoms. The van der Waals surface area contributed by atoms with Crippen molar-refractivity contribution < 1.29 is 14.3 Å². The molecule has 1 heterocycles. The molecular weight excluding hydrogens is 294 g/mol. The lowest BCUT2D eigenvalue weighted by Crippen LogP contribution is -2.46. The summed E-state index contributed by atoms with van der Waals surface area (Å²) in [4.78, 5) is 27.6. The lowest BCUT2D eigenvalue weighted by Gasteiger charge is -2.28. The van der Waals surface area contributed by atoms with Crippen molar-refractivity contribution in [1.82, 2.24) is 15.1 Å². The summed E-state index contributed by atoms with van der Waals surface area (Å²) in [5.74, 6) is 0.0506. The van der Waals surface area contributed by atoms with E-state index in [1.165, 1.54) is 31.3 Å². The smallest absolute Gasteiger partial charge is 0.236 e. The van der Waals surface area contributed by atoms with Crippen LogP contribution in [0.4, 0.5) is 0 Å². The van der Waals surface area contributed by atoms with Crippen LogP contribution in [0.1, 0.15) is 32.1 Å². The highest BCUT2D eigenvalue weighted by Gasteiger charge is 2.19. The summed E-state index contributed by atoms with van der Waals surface area (Å²) < 4.78 is 5.24. The van der Waals surface area contributed by atoms with Gasteiger partial charge in [0, 0.05) is 19.6 Å². The molecule has 0 radical (unpaired) electrons. The number of hydrogen-bond acceptors (Lipinski definition) is 4. The lowest BCUT2D eigenvalue weighted by atomic mass is 9.97. The van der Waals surface area contributed by atoms with Gasteiger partial charge in [0.05, 0.1) is 26.3 Å². The average Bonchev–Trinajstić information content (AvgIpc) is 2.56. The number of carbonyl (C=O) groups is 2. The molecule has 0 aromatic rings. The standard InChI is InChI=1S/C17H29N3O3/c1-19(14-17(22)20-9-11-23-12-10-20)13-16(21)18-8-7-15-5-3-2-4-6-15/h5H,2-4,6-14H2,1H3,(H,18,21). The van der Waals surface area contributed by atoms with E-state index in [2.05, 4.69) is 11.4 Å². The number of nitrogens with zero attached hydrogens (tertiary/aromatic N) is 2. The van der Waals surface area contributed by atoms with E-state index < -0.39 is 0 Å². The summed E-state index contributed by atoms with van der Waals surface area (Å²) in [6.07, 6.45) is 8.16. The highest BCUT2D eigenvalue weighted by Crippen LogP contribution is 2.19. The molecule has 1 N–H and O–H groups in total. The highest BCUT2D eigenvalue weighted by molar-refractivity contribution is 5.81. The van der Waals surface area contributed by atoms with Crippen molar-refractivity contribution in [2.45, 2.75) is 32.1 Å². The summed E-state index contributed by atoms with van der Waals surface area (Å²) in [5.41, 5.74) is 1.47. The van der Waals surface area contributed by atoms with Crippen molar-refractivity contribution >= 4 is 11.8 Å². The Hall–Kier alpha value is -1.40. The molecule has 1 saturated heterocycles. The van der Waals surface area contributed by atoms with Crippen LogP contribution < -0.4 is 5.32 Å². The number of nitrogens with one attached hydrogen (secondary N) is 1. The Kier molecular flexibility index (Phi) is 7.55. The molecule has 0 bridgehead atoms. The van der Waals surface area contributed by atoms with Crippen LogP contribution in [0.3, 0.4) is 0 Å². The summed E-state index contributed by atoms with van der Waals surface area (Å²) in [7, 11) is 1.81. The van der Waals surface area contributed by atoms with E-state index in [9.17, 15) is 9.59 Å². The topological polar surface area (TPSA) is 61.9 Å². The van der Waals surface area contributed by atoms with Crippen LogP contribution in [-0.4, -0.2) is 74.6 Å². The highest BCUT2D eigenvalue weighted by atomic mass is 16.5. The van der Waals surface area contributed by atoms with Crippen LogP contribution in [-0.2, 0) is 14.3 Å². The van der Waals surface area contributed by atoms with Crippen molar-refractivity contribution in [3.63, 3.8) is 0 Å². The van der Waals surface area contributed by atoms with Gasteiger partial charge in [0.2, 0.25) is 11.8 Å². The van der Waals surface area contributed by atoms with E-state index in [0.29, 0.717) is 32.8 Å². The van der Waals surface area contributed by atoms with Crippen molar-refractivity contribution in [2.24, 2.45) is 0 Å². The second-order valence-electron chi connectivity index (χ2n) is 6.37. The minimum Gasteiger partial charge on any atom is -0.378 e. The minimum atomic E-state index is -0.0151. The fraction of sp³-hybridized carbons (Fsp3) is 0.765. The normalized spacial score (nSPS) is 18.7. The number of amides is 2. The molecule has 1 aliphatic heterocycles. The average molecular weight is 323 g/mol. The van der Waals surface area contributed by atoms with Crippen LogP contribution in [0, 0.1) is 0 Å². The van der Waals surface area contributed by atoms with Crippen LogP contribution in [0.2, 0.25) is 0 Å². The molecule has 0 atom stereocenters. The number of morpholine rings is 1. The summed E-state index contributed by atoms with van der Waals surface area (Å²) in [6, 6.07) is 0. The Morgan fingerprint density at radius 3 is 2.74 bits per heavy atom. The lowest BCUT2D eigenvalue weighted by molar-refractivity contribution is -0.136. The van der Waals surface area contributed by atoms with Gasteiger partial charge in [0.15, 0.2) is 0 Å². The van der Waals surface area contributed by atoms with Gasteiger partial charge in [0.1, 0.15) is 0 Å². The summed E-state index contributed by atoms with van der Waals surface area (Å²) in [5, 5.41) is 2.95. The molecule has 2 aliphatic rings. The zero-order valence-corrected chi connectivity index (χ0v) is 14.2. The quantitative estimate of drug-likeness (QED) is 0.704. The molecule has 0 saturated carbocycles. The number of hydrogen-bond donors (Lipinski definition) is 1. The van der Waals surface area contributed by atoms with Gasteiger partial charge in [-0.3, -0.25) is 14.5 Å². The maximum atomic E-state index is 12.1. The first-order valence-electron chi connectivity index (χ1n) is 8.64. The predicted molar refractivity (Wildman–Crippen MR) is 89.1 cm³/mol. The van der Waals surface area contributed by atoms with Gasteiger partial charge in [-0.2, -0.15) is 0 Å². The Morgan fingerprint density at radius 1 is 1.26 bits per heavy atom. The zero-order chi connectivity index (χ0) is 16.5. The maximum Gasteiger partial charge on any atom is 0.236 e. The molecule has 2 rings (SSSR count). The Morgan fingerprint density at radius 2 is 2.04 bits per heavy atom. The van der Waals surface area contributed by atoms with Crippen LogP contribution in [0.25, 0.3) is 0 Å². The second kappa shape index (κ2) is 9.67. The molecular formula is C17H29N3O3. The van der Waals surface area contributed by atoms with E-state index in [1.807, 2.05) is 7.05 Å². The van der Waals surface area contributed by atoms with Gasteiger partial charge < -0.3 is 15.0 Å². The molecule has 0 unspecified atom stereocenters. The van der Waals surface area contributed by atoms with Gasteiger partial charge in [-0.15, -0.1) is 0 Å². The van der Waals surface area contributed by atoms with Crippen molar-refractivity contribution in [3.05, 3.63) is 11.6 Å². The van der Waals surface area contributed by atoms with E-state index in [-0.39, 0.29) is 24.9 Å². The fourth-order valence-corrected chi connectivity index (χ4v) is 2.99. The van der Waals surface area contributed by atoms with Gasteiger partial charge in [-0.1, -0.05) is 11.6 Å². The number of rotatable bonds is 7. The molecule has 23 heavy (non-hydrogen) atoms.